The molecule has 0 bridgehead atoms. The van der Waals surface area contributed by atoms with E-state index < -0.39 is 0 Å². The Morgan fingerprint density at radius 2 is 2.33 bits per heavy atom. The molecular formula is C14H21ClN2O. The number of nitrogens with two attached hydrogens (primary N) is 1. The summed E-state index contributed by atoms with van der Waals surface area (Å²) in [7, 11) is 1.77. The van der Waals surface area contributed by atoms with Gasteiger partial charge < -0.3 is 15.4 Å². The number of ether oxygens (including phenoxy) is 1. The molecule has 0 amide bonds. The van der Waals surface area contributed by atoms with Crippen LogP contribution in [0.25, 0.3) is 0 Å². The first-order valence-corrected chi connectivity index (χ1v) is 6.85. The molecule has 0 aromatic heterocycles. The molecule has 0 spiro atoms. The number of methoxy groups -OCH3 is 1. The van der Waals surface area contributed by atoms with Crippen molar-refractivity contribution < 1.29 is 4.74 Å². The van der Waals surface area contributed by atoms with Gasteiger partial charge in [0.15, 0.2) is 0 Å². The Bertz CT molecular complexity index is 397. The number of hydrogen-bond acceptors (Lipinski definition) is 3. The van der Waals surface area contributed by atoms with E-state index in [-0.39, 0.29) is 0 Å². The molecule has 18 heavy (non-hydrogen) atoms. The summed E-state index contributed by atoms with van der Waals surface area (Å²) in [6, 6.07) is 6.10. The van der Waals surface area contributed by atoms with Crippen LogP contribution in [0.4, 0.5) is 5.69 Å². The van der Waals surface area contributed by atoms with Crippen LogP contribution in [-0.4, -0.2) is 33.4 Å². The normalized spacial score (nSPS) is 19.5. The topological polar surface area (TPSA) is 38.5 Å². The molecular weight excluding hydrogens is 248 g/mol. The van der Waals surface area contributed by atoms with Crippen molar-refractivity contribution in [3.8, 4) is 0 Å². The van der Waals surface area contributed by atoms with Gasteiger partial charge in [-0.25, -0.2) is 0 Å². The smallest absolute Gasteiger partial charge is 0.0508 e. The summed E-state index contributed by atoms with van der Waals surface area (Å²) in [5.74, 6) is 0.625. The summed E-state index contributed by atoms with van der Waals surface area (Å²) < 4.78 is 5.24. The molecule has 4 heteroatoms. The maximum Gasteiger partial charge on any atom is 0.0508 e. The molecule has 1 aromatic carbocycles. The van der Waals surface area contributed by atoms with Gasteiger partial charge in [0.05, 0.1) is 6.61 Å². The van der Waals surface area contributed by atoms with Crippen molar-refractivity contribution in [1.82, 2.24) is 0 Å². The summed E-state index contributed by atoms with van der Waals surface area (Å²) in [6.45, 7) is 3.59. The third kappa shape index (κ3) is 2.97. The fourth-order valence-electron chi connectivity index (χ4n) is 2.66. The minimum atomic E-state index is 0.625. The Labute approximate surface area is 114 Å². The van der Waals surface area contributed by atoms with E-state index >= 15 is 0 Å². The van der Waals surface area contributed by atoms with Gasteiger partial charge in [-0.2, -0.15) is 0 Å². The summed E-state index contributed by atoms with van der Waals surface area (Å²) >= 11 is 6.28. The minimum absolute atomic E-state index is 0.625. The Balaban J connectivity index is 2.16. The zero-order valence-electron chi connectivity index (χ0n) is 10.9. The fraction of sp³-hybridized carbons (Fsp3) is 0.571. The van der Waals surface area contributed by atoms with Gasteiger partial charge in [-0.3, -0.25) is 0 Å². The summed E-state index contributed by atoms with van der Waals surface area (Å²) in [5, 5.41) is 0.827. The van der Waals surface area contributed by atoms with E-state index in [1.54, 1.807) is 7.11 Å². The number of rotatable bonds is 5. The molecule has 2 N–H and O–H groups in total. The van der Waals surface area contributed by atoms with Gasteiger partial charge in [-0.15, -0.1) is 0 Å². The van der Waals surface area contributed by atoms with Gasteiger partial charge in [0, 0.05) is 36.8 Å². The van der Waals surface area contributed by atoms with Crippen molar-refractivity contribution >= 4 is 17.3 Å². The van der Waals surface area contributed by atoms with E-state index in [4.69, 9.17) is 22.1 Å². The molecule has 1 heterocycles. The van der Waals surface area contributed by atoms with E-state index in [0.717, 1.165) is 31.1 Å². The van der Waals surface area contributed by atoms with Crippen LogP contribution in [0.3, 0.4) is 0 Å². The van der Waals surface area contributed by atoms with Gasteiger partial charge >= 0.3 is 0 Å². The zero-order chi connectivity index (χ0) is 13.0. The van der Waals surface area contributed by atoms with E-state index in [1.807, 2.05) is 12.1 Å². The molecule has 1 aliphatic rings. The highest BCUT2D eigenvalue weighted by molar-refractivity contribution is 6.31. The predicted octanol–water partition coefficient (Wildman–Crippen LogP) is 2.31. The Morgan fingerprint density at radius 3 is 3.06 bits per heavy atom. The van der Waals surface area contributed by atoms with E-state index in [1.165, 1.54) is 17.7 Å². The molecule has 1 aliphatic heterocycles. The second-order valence-electron chi connectivity index (χ2n) is 4.83. The first-order valence-electron chi connectivity index (χ1n) is 6.47. The van der Waals surface area contributed by atoms with Crippen LogP contribution in [0.2, 0.25) is 5.02 Å². The predicted molar refractivity (Wildman–Crippen MR) is 76.4 cm³/mol. The molecule has 1 aromatic rings. The standard InChI is InChI=1S/C14H21ClN2O/c1-18-10-11-6-8-17(9-11)14-4-2-3-13(15)12(14)5-7-16/h2-4,11H,5-10,16H2,1H3. The van der Waals surface area contributed by atoms with E-state index in [9.17, 15) is 0 Å². The SMILES string of the molecule is COCC1CCN(c2cccc(Cl)c2CCN)C1. The van der Waals surface area contributed by atoms with Crippen LogP contribution < -0.4 is 10.6 Å². The number of benzene rings is 1. The van der Waals surface area contributed by atoms with E-state index in [0.29, 0.717) is 12.5 Å². The molecule has 0 saturated carbocycles. The lowest BCUT2D eigenvalue weighted by Gasteiger charge is -2.22. The highest BCUT2D eigenvalue weighted by atomic mass is 35.5. The van der Waals surface area contributed by atoms with Crippen LogP contribution in [0, 0.1) is 5.92 Å². The number of nitrogens with zero attached hydrogens (tertiary/aromatic N) is 1. The lowest BCUT2D eigenvalue weighted by molar-refractivity contribution is 0.161. The molecule has 0 radical (unpaired) electrons. The van der Waals surface area contributed by atoms with Crippen molar-refractivity contribution in [1.29, 1.82) is 0 Å². The monoisotopic (exact) mass is 268 g/mol. The molecule has 1 fully saturated rings. The minimum Gasteiger partial charge on any atom is -0.384 e. The second kappa shape index (κ2) is 6.41. The van der Waals surface area contributed by atoms with Crippen LogP contribution in [0.1, 0.15) is 12.0 Å². The fourth-order valence-corrected chi connectivity index (χ4v) is 2.92. The van der Waals surface area contributed by atoms with Crippen LogP contribution >= 0.6 is 11.6 Å². The highest BCUT2D eigenvalue weighted by Gasteiger charge is 2.24. The number of halogens is 1. The average Bonchev–Trinajstić information content (AvgIpc) is 2.81. The third-order valence-corrected chi connectivity index (χ3v) is 3.87. The first-order chi connectivity index (χ1) is 8.76. The lowest BCUT2D eigenvalue weighted by Crippen LogP contribution is -2.23. The van der Waals surface area contributed by atoms with Gasteiger partial charge in [-0.1, -0.05) is 17.7 Å². The number of anilines is 1. The lowest BCUT2D eigenvalue weighted by atomic mass is 10.1. The molecule has 1 unspecified atom stereocenters. The Kier molecular flexibility index (Phi) is 4.87. The summed E-state index contributed by atoms with van der Waals surface area (Å²) in [5.41, 5.74) is 8.10. The Morgan fingerprint density at radius 1 is 1.50 bits per heavy atom. The van der Waals surface area contributed by atoms with Gasteiger partial charge in [-0.05, 0) is 37.1 Å². The maximum atomic E-state index is 6.28. The van der Waals surface area contributed by atoms with Crippen molar-refractivity contribution in [2.24, 2.45) is 11.7 Å². The average molecular weight is 269 g/mol. The van der Waals surface area contributed by atoms with Crippen LogP contribution in [-0.2, 0) is 11.2 Å². The van der Waals surface area contributed by atoms with E-state index in [2.05, 4.69) is 11.0 Å². The molecule has 100 valence electrons. The largest absolute Gasteiger partial charge is 0.384 e. The maximum absolute atomic E-state index is 6.28. The second-order valence-corrected chi connectivity index (χ2v) is 5.24. The van der Waals surface area contributed by atoms with Crippen molar-refractivity contribution in [3.05, 3.63) is 28.8 Å². The van der Waals surface area contributed by atoms with Crippen molar-refractivity contribution in [3.63, 3.8) is 0 Å². The Hall–Kier alpha value is -0.770. The number of hydrogen-bond donors (Lipinski definition) is 1. The summed E-state index contributed by atoms with van der Waals surface area (Å²) in [4.78, 5) is 2.40. The molecule has 1 saturated heterocycles. The highest BCUT2D eigenvalue weighted by Crippen LogP contribution is 2.31. The van der Waals surface area contributed by atoms with Gasteiger partial charge in [0.25, 0.3) is 0 Å². The molecule has 2 rings (SSSR count). The molecule has 3 nitrogen and oxygen atoms in total. The zero-order valence-corrected chi connectivity index (χ0v) is 11.6. The third-order valence-electron chi connectivity index (χ3n) is 3.52. The summed E-state index contributed by atoms with van der Waals surface area (Å²) in [6.07, 6.45) is 2.02. The van der Waals surface area contributed by atoms with Crippen LogP contribution in [0.5, 0.6) is 0 Å². The van der Waals surface area contributed by atoms with Crippen molar-refractivity contribution in [2.75, 3.05) is 38.3 Å². The van der Waals surface area contributed by atoms with Crippen LogP contribution in [0.15, 0.2) is 18.2 Å². The first kappa shape index (κ1) is 13.7. The van der Waals surface area contributed by atoms with Gasteiger partial charge in [0.1, 0.15) is 0 Å². The molecule has 0 aliphatic carbocycles. The van der Waals surface area contributed by atoms with Crippen molar-refractivity contribution in [2.45, 2.75) is 12.8 Å². The quantitative estimate of drug-likeness (QED) is 0.891. The van der Waals surface area contributed by atoms with Gasteiger partial charge in [0.2, 0.25) is 0 Å². The molecule has 1 atom stereocenters.